The van der Waals surface area contributed by atoms with Crippen molar-refractivity contribution in [2.24, 2.45) is 0 Å². The van der Waals surface area contributed by atoms with Gasteiger partial charge < -0.3 is 5.32 Å². The molecule has 0 radical (unpaired) electrons. The monoisotopic (exact) mass is 321 g/mol. The normalized spacial score (nSPS) is 11.9. The fourth-order valence-corrected chi connectivity index (χ4v) is 2.41. The number of carbonyl (C=O) groups excluding carboxylic acids is 1. The Labute approximate surface area is 145 Å². The Morgan fingerprint density at radius 2 is 1.54 bits per heavy atom. The number of hydrogen-bond acceptors (Lipinski definition) is 2. The summed E-state index contributed by atoms with van der Waals surface area (Å²) in [5, 5.41) is 3.15. The molecule has 2 aromatic carbocycles. The van der Waals surface area contributed by atoms with Crippen LogP contribution in [0.5, 0.6) is 0 Å². The second-order valence-electron chi connectivity index (χ2n) is 7.45. The van der Waals surface area contributed by atoms with Gasteiger partial charge in [0, 0.05) is 23.5 Å². The van der Waals surface area contributed by atoms with E-state index in [1.54, 1.807) is 12.3 Å². The topological polar surface area (TPSA) is 29.1 Å². The van der Waals surface area contributed by atoms with Crippen LogP contribution in [0.25, 0.3) is 0 Å². The molecule has 2 rings (SSSR count). The van der Waals surface area contributed by atoms with E-state index in [1.807, 2.05) is 36.4 Å². The van der Waals surface area contributed by atoms with Crippen molar-refractivity contribution in [3.63, 3.8) is 0 Å². The lowest BCUT2D eigenvalue weighted by Crippen LogP contribution is -2.11. The molecule has 24 heavy (non-hydrogen) atoms. The van der Waals surface area contributed by atoms with Crippen LogP contribution in [0.15, 0.2) is 60.8 Å². The Kier molecular flexibility index (Phi) is 5.61. The zero-order valence-corrected chi connectivity index (χ0v) is 15.3. The van der Waals surface area contributed by atoms with Gasteiger partial charge in [-0.15, -0.1) is 0 Å². The molecule has 0 aliphatic rings. The van der Waals surface area contributed by atoms with E-state index in [4.69, 9.17) is 0 Å². The number of rotatable bonds is 5. The highest BCUT2D eigenvalue weighted by atomic mass is 16.1. The first-order chi connectivity index (χ1) is 11.3. The average molecular weight is 321 g/mol. The van der Waals surface area contributed by atoms with Crippen molar-refractivity contribution in [2.75, 3.05) is 5.32 Å². The summed E-state index contributed by atoms with van der Waals surface area (Å²) in [6.45, 7) is 10.8. The Morgan fingerprint density at radius 3 is 2.04 bits per heavy atom. The molecule has 0 aliphatic heterocycles. The molecule has 0 amide bonds. The van der Waals surface area contributed by atoms with Gasteiger partial charge in [-0.05, 0) is 34.6 Å². The van der Waals surface area contributed by atoms with Crippen LogP contribution in [0.2, 0.25) is 0 Å². The number of carbonyl (C=O) groups is 1. The van der Waals surface area contributed by atoms with Gasteiger partial charge in [0.1, 0.15) is 0 Å². The second kappa shape index (κ2) is 7.48. The average Bonchev–Trinajstić information content (AvgIpc) is 2.54. The largest absolute Gasteiger partial charge is 0.362 e. The molecule has 2 aromatic rings. The van der Waals surface area contributed by atoms with Crippen LogP contribution in [-0.4, -0.2) is 5.78 Å². The smallest absolute Gasteiger partial charge is 0.187 e. The maximum Gasteiger partial charge on any atom is 0.187 e. The molecule has 1 N–H and O–H groups in total. The number of allylic oxidation sites excluding steroid dienone is 1. The zero-order valence-electron chi connectivity index (χ0n) is 15.3. The quantitative estimate of drug-likeness (QED) is 0.547. The molecule has 126 valence electrons. The summed E-state index contributed by atoms with van der Waals surface area (Å²) in [7, 11) is 0. The van der Waals surface area contributed by atoms with Gasteiger partial charge in [-0.2, -0.15) is 0 Å². The second-order valence-corrected chi connectivity index (χ2v) is 7.45. The highest BCUT2D eigenvalue weighted by molar-refractivity contribution is 6.04. The number of nitrogens with one attached hydrogen (secondary N) is 1. The molecule has 0 aromatic heterocycles. The van der Waals surface area contributed by atoms with Gasteiger partial charge in [-0.25, -0.2) is 0 Å². The Balaban J connectivity index is 1.97. The Hall–Kier alpha value is -2.35. The van der Waals surface area contributed by atoms with E-state index in [0.717, 1.165) is 5.69 Å². The van der Waals surface area contributed by atoms with E-state index >= 15 is 0 Å². The number of anilines is 1. The van der Waals surface area contributed by atoms with Crippen molar-refractivity contribution >= 4 is 11.5 Å². The van der Waals surface area contributed by atoms with E-state index in [2.05, 4.69) is 52.1 Å². The van der Waals surface area contributed by atoms with Crippen molar-refractivity contribution in [1.29, 1.82) is 0 Å². The lowest BCUT2D eigenvalue weighted by atomic mass is 9.86. The van der Waals surface area contributed by atoms with E-state index in [-0.39, 0.29) is 11.2 Å². The lowest BCUT2D eigenvalue weighted by molar-refractivity contribution is 0.104. The molecule has 2 heteroatoms. The maximum atomic E-state index is 12.2. The van der Waals surface area contributed by atoms with Crippen LogP contribution in [0.1, 0.15) is 62.0 Å². The van der Waals surface area contributed by atoms with Crippen molar-refractivity contribution in [3.8, 4) is 0 Å². The number of ketones is 1. The van der Waals surface area contributed by atoms with Crippen molar-refractivity contribution in [3.05, 3.63) is 77.5 Å². The van der Waals surface area contributed by atoms with Crippen LogP contribution < -0.4 is 5.32 Å². The molecule has 2 nitrogen and oxygen atoms in total. The molecule has 0 aliphatic carbocycles. The summed E-state index contributed by atoms with van der Waals surface area (Å²) >= 11 is 0. The summed E-state index contributed by atoms with van der Waals surface area (Å²) in [5.41, 5.74) is 4.31. The van der Waals surface area contributed by atoms with Crippen molar-refractivity contribution in [1.82, 2.24) is 0 Å². The van der Waals surface area contributed by atoms with Crippen LogP contribution in [-0.2, 0) is 5.41 Å². The SMILES string of the molecule is CC(C)c1ccc(N/C=C/C(=O)c2ccc(C(C)(C)C)cc2)cc1. The minimum atomic E-state index is 0.00163. The number of hydrogen-bond donors (Lipinski definition) is 1. The molecule has 0 fully saturated rings. The number of benzene rings is 2. The predicted octanol–water partition coefficient (Wildman–Crippen LogP) is 5.92. The minimum absolute atomic E-state index is 0.00163. The van der Waals surface area contributed by atoms with Gasteiger partial charge in [-0.1, -0.05) is 71.0 Å². The van der Waals surface area contributed by atoms with Crippen LogP contribution in [0.3, 0.4) is 0 Å². The summed E-state index contributed by atoms with van der Waals surface area (Å²) in [5.74, 6) is 0.522. The van der Waals surface area contributed by atoms with Gasteiger partial charge in [0.05, 0.1) is 0 Å². The molecule has 0 atom stereocenters. The first-order valence-corrected chi connectivity index (χ1v) is 8.45. The maximum absolute atomic E-state index is 12.2. The molecule has 0 heterocycles. The fraction of sp³-hybridized carbons (Fsp3) is 0.318. The van der Waals surface area contributed by atoms with Crippen molar-refractivity contribution < 1.29 is 4.79 Å². The molecule has 0 unspecified atom stereocenters. The molecular weight excluding hydrogens is 294 g/mol. The van der Waals surface area contributed by atoms with Crippen LogP contribution in [0.4, 0.5) is 5.69 Å². The third-order valence-corrected chi connectivity index (χ3v) is 4.10. The Bertz CT molecular complexity index is 701. The zero-order chi connectivity index (χ0) is 17.7. The molecule has 0 saturated carbocycles. The highest BCUT2D eigenvalue weighted by Crippen LogP contribution is 2.22. The van der Waals surface area contributed by atoms with Crippen LogP contribution >= 0.6 is 0 Å². The molecular formula is C22H27NO. The van der Waals surface area contributed by atoms with Crippen LogP contribution in [0, 0.1) is 0 Å². The first-order valence-electron chi connectivity index (χ1n) is 8.45. The standard InChI is InChI=1S/C22H27NO/c1-16(2)17-8-12-20(13-9-17)23-15-14-21(24)18-6-10-19(11-7-18)22(3,4)5/h6-16,23H,1-5H3/b15-14+. The predicted molar refractivity (Wildman–Crippen MR) is 103 cm³/mol. The van der Waals surface area contributed by atoms with Gasteiger partial charge in [-0.3, -0.25) is 4.79 Å². The summed E-state index contributed by atoms with van der Waals surface area (Å²) in [6.07, 6.45) is 3.27. The first kappa shape index (κ1) is 18.0. The molecule has 0 spiro atoms. The summed E-state index contributed by atoms with van der Waals surface area (Å²) in [4.78, 5) is 12.2. The van der Waals surface area contributed by atoms with Gasteiger partial charge in [0.15, 0.2) is 5.78 Å². The minimum Gasteiger partial charge on any atom is -0.362 e. The van der Waals surface area contributed by atoms with E-state index in [1.165, 1.54) is 11.1 Å². The lowest BCUT2D eigenvalue weighted by Gasteiger charge is -2.18. The van der Waals surface area contributed by atoms with Gasteiger partial charge in [0.2, 0.25) is 0 Å². The summed E-state index contributed by atoms with van der Waals surface area (Å²) < 4.78 is 0. The van der Waals surface area contributed by atoms with Crippen molar-refractivity contribution in [2.45, 2.75) is 46.0 Å². The van der Waals surface area contributed by atoms with Gasteiger partial charge >= 0.3 is 0 Å². The van der Waals surface area contributed by atoms with E-state index in [9.17, 15) is 4.79 Å². The third-order valence-electron chi connectivity index (χ3n) is 4.10. The van der Waals surface area contributed by atoms with E-state index in [0.29, 0.717) is 11.5 Å². The highest BCUT2D eigenvalue weighted by Gasteiger charge is 2.13. The fourth-order valence-electron chi connectivity index (χ4n) is 2.41. The van der Waals surface area contributed by atoms with E-state index < -0.39 is 0 Å². The van der Waals surface area contributed by atoms with Gasteiger partial charge in [0.25, 0.3) is 0 Å². The molecule has 0 saturated heterocycles. The third kappa shape index (κ3) is 4.82. The summed E-state index contributed by atoms with van der Waals surface area (Å²) in [6, 6.07) is 16.1. The Morgan fingerprint density at radius 1 is 0.958 bits per heavy atom. The molecule has 0 bridgehead atoms.